The van der Waals surface area contributed by atoms with Gasteiger partial charge in [0.2, 0.25) is 5.91 Å². The van der Waals surface area contributed by atoms with Gasteiger partial charge in [-0.25, -0.2) is 4.98 Å². The quantitative estimate of drug-likeness (QED) is 0.846. The third-order valence-corrected chi connectivity index (χ3v) is 4.04. The molecular formula is C15H23N5O. The molecule has 0 aromatic carbocycles. The molecule has 3 heterocycles. The van der Waals surface area contributed by atoms with E-state index >= 15 is 0 Å². The lowest BCUT2D eigenvalue weighted by atomic mass is 10.3. The van der Waals surface area contributed by atoms with Crippen LogP contribution < -0.4 is 15.5 Å². The van der Waals surface area contributed by atoms with Crippen molar-refractivity contribution in [2.45, 2.75) is 12.8 Å². The minimum atomic E-state index is 0.0466. The molecule has 0 saturated carbocycles. The lowest BCUT2D eigenvalue weighted by Crippen LogP contribution is -2.46. The fraction of sp³-hybridized carbons (Fsp3) is 0.600. The van der Waals surface area contributed by atoms with Gasteiger partial charge < -0.3 is 15.5 Å². The molecule has 2 aliphatic heterocycles. The number of amides is 1. The average Bonchev–Trinajstić information content (AvgIpc) is 3.03. The molecular weight excluding hydrogens is 266 g/mol. The molecule has 2 fully saturated rings. The Balaban J connectivity index is 1.62. The molecule has 3 rings (SSSR count). The molecule has 6 heteroatoms. The summed E-state index contributed by atoms with van der Waals surface area (Å²) in [6, 6.07) is 3.82. The molecule has 21 heavy (non-hydrogen) atoms. The normalized spacial score (nSPS) is 19.7. The highest BCUT2D eigenvalue weighted by molar-refractivity contribution is 5.95. The standard InChI is InChI=1S/C15H23N5O/c21-14(12-19-10-6-16-7-11-19)18-13-4-3-5-17-15(13)20-8-1-2-9-20/h3-5,16H,1-2,6-12H2,(H,18,21). The number of aromatic nitrogens is 1. The summed E-state index contributed by atoms with van der Waals surface area (Å²) in [6.07, 6.45) is 4.19. The van der Waals surface area contributed by atoms with E-state index < -0.39 is 0 Å². The number of hydrogen-bond donors (Lipinski definition) is 2. The van der Waals surface area contributed by atoms with Gasteiger partial charge in [-0.15, -0.1) is 0 Å². The van der Waals surface area contributed by atoms with Crippen molar-refractivity contribution in [2.24, 2.45) is 0 Å². The van der Waals surface area contributed by atoms with Gasteiger partial charge in [0.05, 0.1) is 12.2 Å². The number of nitrogens with one attached hydrogen (secondary N) is 2. The third kappa shape index (κ3) is 3.71. The van der Waals surface area contributed by atoms with Gasteiger partial charge in [-0.2, -0.15) is 0 Å². The summed E-state index contributed by atoms with van der Waals surface area (Å²) in [4.78, 5) is 21.1. The van der Waals surface area contributed by atoms with Crippen LogP contribution in [-0.4, -0.2) is 61.6 Å². The summed E-state index contributed by atoms with van der Waals surface area (Å²) in [7, 11) is 0. The first-order chi connectivity index (χ1) is 10.3. The Morgan fingerprint density at radius 1 is 1.24 bits per heavy atom. The molecule has 2 N–H and O–H groups in total. The van der Waals surface area contributed by atoms with Crippen molar-refractivity contribution >= 4 is 17.4 Å². The Kier molecular flexibility index (Phi) is 4.67. The van der Waals surface area contributed by atoms with Crippen LogP contribution in [0.15, 0.2) is 18.3 Å². The van der Waals surface area contributed by atoms with E-state index in [9.17, 15) is 4.79 Å². The van der Waals surface area contributed by atoms with E-state index in [1.54, 1.807) is 6.20 Å². The Hall–Kier alpha value is -1.66. The number of carbonyl (C=O) groups is 1. The zero-order valence-corrected chi connectivity index (χ0v) is 12.3. The minimum Gasteiger partial charge on any atom is -0.355 e. The average molecular weight is 289 g/mol. The molecule has 1 aromatic heterocycles. The Bertz CT molecular complexity index is 481. The van der Waals surface area contributed by atoms with Crippen LogP contribution in [0.3, 0.4) is 0 Å². The van der Waals surface area contributed by atoms with Gasteiger partial charge in [-0.1, -0.05) is 0 Å². The van der Waals surface area contributed by atoms with Crippen molar-refractivity contribution in [3.8, 4) is 0 Å². The van der Waals surface area contributed by atoms with Crippen LogP contribution in [0.2, 0.25) is 0 Å². The number of pyridine rings is 1. The van der Waals surface area contributed by atoms with Crippen molar-refractivity contribution in [3.63, 3.8) is 0 Å². The lowest BCUT2D eigenvalue weighted by Gasteiger charge is -2.27. The minimum absolute atomic E-state index is 0.0466. The monoisotopic (exact) mass is 289 g/mol. The molecule has 0 bridgehead atoms. The van der Waals surface area contributed by atoms with Crippen molar-refractivity contribution < 1.29 is 4.79 Å². The van der Waals surface area contributed by atoms with Gasteiger partial charge in [-0.3, -0.25) is 9.69 Å². The summed E-state index contributed by atoms with van der Waals surface area (Å²) >= 11 is 0. The highest BCUT2D eigenvalue weighted by atomic mass is 16.2. The summed E-state index contributed by atoms with van der Waals surface area (Å²) in [6.45, 7) is 6.28. The van der Waals surface area contributed by atoms with Gasteiger partial charge in [0, 0.05) is 45.5 Å². The highest BCUT2D eigenvalue weighted by Crippen LogP contribution is 2.25. The first-order valence-corrected chi connectivity index (χ1v) is 7.76. The van der Waals surface area contributed by atoms with E-state index in [1.165, 1.54) is 12.8 Å². The summed E-state index contributed by atoms with van der Waals surface area (Å²) in [5, 5.41) is 6.32. The Morgan fingerprint density at radius 2 is 2.00 bits per heavy atom. The number of nitrogens with zero attached hydrogens (tertiary/aromatic N) is 3. The van der Waals surface area contributed by atoms with Crippen molar-refractivity contribution in [1.82, 2.24) is 15.2 Å². The van der Waals surface area contributed by atoms with Gasteiger partial charge in [-0.05, 0) is 25.0 Å². The second-order valence-electron chi connectivity index (χ2n) is 5.64. The predicted octanol–water partition coefficient (Wildman–Crippen LogP) is 0.526. The van der Waals surface area contributed by atoms with Crippen LogP contribution in [0, 0.1) is 0 Å². The second-order valence-corrected chi connectivity index (χ2v) is 5.64. The molecule has 1 aromatic rings. The van der Waals surface area contributed by atoms with Gasteiger partial charge in [0.25, 0.3) is 0 Å². The fourth-order valence-corrected chi connectivity index (χ4v) is 2.94. The summed E-state index contributed by atoms with van der Waals surface area (Å²) in [5.74, 6) is 0.953. The van der Waals surface area contributed by atoms with Crippen LogP contribution in [-0.2, 0) is 4.79 Å². The van der Waals surface area contributed by atoms with Gasteiger partial charge >= 0.3 is 0 Å². The Labute approximate surface area is 125 Å². The van der Waals surface area contributed by atoms with Crippen molar-refractivity contribution in [1.29, 1.82) is 0 Å². The van der Waals surface area contributed by atoms with E-state index in [0.29, 0.717) is 6.54 Å². The van der Waals surface area contributed by atoms with E-state index in [4.69, 9.17) is 0 Å². The number of anilines is 2. The van der Waals surface area contributed by atoms with E-state index in [1.807, 2.05) is 12.1 Å². The molecule has 2 aliphatic rings. The number of piperazine rings is 1. The van der Waals surface area contributed by atoms with Crippen LogP contribution in [0.1, 0.15) is 12.8 Å². The molecule has 6 nitrogen and oxygen atoms in total. The molecule has 2 saturated heterocycles. The first kappa shape index (κ1) is 14.3. The SMILES string of the molecule is O=C(CN1CCNCC1)Nc1cccnc1N1CCCC1. The van der Waals surface area contributed by atoms with Crippen molar-refractivity contribution in [3.05, 3.63) is 18.3 Å². The van der Waals surface area contributed by atoms with Gasteiger partial charge in [0.15, 0.2) is 5.82 Å². The number of rotatable bonds is 4. The summed E-state index contributed by atoms with van der Waals surface area (Å²) < 4.78 is 0. The molecule has 1 amide bonds. The summed E-state index contributed by atoms with van der Waals surface area (Å²) in [5.41, 5.74) is 0.833. The largest absolute Gasteiger partial charge is 0.355 e. The van der Waals surface area contributed by atoms with E-state index in [-0.39, 0.29) is 5.91 Å². The topological polar surface area (TPSA) is 60.5 Å². The Morgan fingerprint density at radius 3 is 2.76 bits per heavy atom. The maximum atomic E-state index is 12.2. The molecule has 114 valence electrons. The molecule has 0 spiro atoms. The number of hydrogen-bond acceptors (Lipinski definition) is 5. The number of carbonyl (C=O) groups excluding carboxylic acids is 1. The van der Waals surface area contributed by atoms with Crippen LogP contribution in [0.5, 0.6) is 0 Å². The zero-order chi connectivity index (χ0) is 14.5. The predicted molar refractivity (Wildman–Crippen MR) is 83.6 cm³/mol. The molecule has 0 aliphatic carbocycles. The maximum Gasteiger partial charge on any atom is 0.238 e. The second kappa shape index (κ2) is 6.87. The van der Waals surface area contributed by atoms with E-state index in [2.05, 4.69) is 25.4 Å². The zero-order valence-electron chi connectivity index (χ0n) is 12.3. The van der Waals surface area contributed by atoms with E-state index in [0.717, 1.165) is 50.8 Å². The third-order valence-electron chi connectivity index (χ3n) is 4.04. The highest BCUT2D eigenvalue weighted by Gasteiger charge is 2.19. The van der Waals surface area contributed by atoms with Gasteiger partial charge in [0.1, 0.15) is 0 Å². The molecule has 0 radical (unpaired) electrons. The lowest BCUT2D eigenvalue weighted by molar-refractivity contribution is -0.117. The molecule has 0 unspecified atom stereocenters. The van der Waals surface area contributed by atoms with Crippen LogP contribution in [0.25, 0.3) is 0 Å². The van der Waals surface area contributed by atoms with Crippen molar-refractivity contribution in [2.75, 3.05) is 56.0 Å². The fourth-order valence-electron chi connectivity index (χ4n) is 2.94. The smallest absolute Gasteiger partial charge is 0.238 e. The first-order valence-electron chi connectivity index (χ1n) is 7.76. The van der Waals surface area contributed by atoms with Crippen LogP contribution in [0.4, 0.5) is 11.5 Å². The van der Waals surface area contributed by atoms with Crippen LogP contribution >= 0.6 is 0 Å². The maximum absolute atomic E-state index is 12.2. The molecule has 0 atom stereocenters.